The van der Waals surface area contributed by atoms with Crippen LogP contribution in [0, 0.1) is 0 Å². The maximum Gasteiger partial charge on any atom is 0.304 e. The Morgan fingerprint density at radius 2 is 1.88 bits per heavy atom. The van der Waals surface area contributed by atoms with Gasteiger partial charge in [0.25, 0.3) is 0 Å². The van der Waals surface area contributed by atoms with E-state index >= 15 is 0 Å². The van der Waals surface area contributed by atoms with Crippen LogP contribution in [-0.2, 0) is 15.0 Å². The van der Waals surface area contributed by atoms with Crippen LogP contribution >= 0.6 is 22.9 Å². The van der Waals surface area contributed by atoms with Crippen LogP contribution in [0.2, 0.25) is 5.02 Å². The van der Waals surface area contributed by atoms with Crippen LogP contribution in [0.5, 0.6) is 0 Å². The number of aliphatic hydroxyl groups excluding tert-OH is 1. The molecule has 1 saturated heterocycles. The Labute approximate surface area is 194 Å². The Kier molecular flexibility index (Phi) is 6.60. The number of thiazole rings is 1. The number of carbonyl (C=O) groups is 2. The lowest BCUT2D eigenvalue weighted by atomic mass is 9.66. The molecule has 0 saturated carbocycles. The van der Waals surface area contributed by atoms with Gasteiger partial charge in [0, 0.05) is 28.4 Å². The number of carbonyl (C=O) groups excluding carboxylic acids is 1. The predicted molar refractivity (Wildman–Crippen MR) is 124 cm³/mol. The maximum atomic E-state index is 13.6. The van der Waals surface area contributed by atoms with E-state index in [0.29, 0.717) is 28.6 Å². The number of halogens is 1. The molecule has 2 heterocycles. The standard InChI is InChI=1S/C24H23ClN2O4S/c25-19-9-5-4-8-17(19)20-14-32-23(27-20)24(12-21(29)30)18(15-6-2-1-3-7-15)11-10-16(28)13-26-22(24)31/h1-9,14,16,18,28H,10-13H2,(H,26,31)(H,29,30)/t16?,18-,24-/m0/s1. The largest absolute Gasteiger partial charge is 0.481 e. The van der Waals surface area contributed by atoms with Gasteiger partial charge in [0.15, 0.2) is 0 Å². The second kappa shape index (κ2) is 9.40. The number of carboxylic acids is 1. The monoisotopic (exact) mass is 470 g/mol. The number of hydrogen-bond donors (Lipinski definition) is 3. The third-order valence-electron chi connectivity index (χ3n) is 5.95. The van der Waals surface area contributed by atoms with Gasteiger partial charge < -0.3 is 15.5 Å². The highest BCUT2D eigenvalue weighted by atomic mass is 35.5. The Balaban J connectivity index is 1.90. The number of amides is 1. The second-order valence-electron chi connectivity index (χ2n) is 7.96. The molecule has 1 aliphatic heterocycles. The normalized spacial score (nSPS) is 23.8. The van der Waals surface area contributed by atoms with Crippen LogP contribution < -0.4 is 5.32 Å². The number of rotatable bonds is 5. The molecule has 0 bridgehead atoms. The van der Waals surface area contributed by atoms with Crippen molar-refractivity contribution >= 4 is 34.8 Å². The lowest BCUT2D eigenvalue weighted by molar-refractivity contribution is -0.143. The van der Waals surface area contributed by atoms with E-state index < -0.39 is 35.7 Å². The quantitative estimate of drug-likeness (QED) is 0.518. The van der Waals surface area contributed by atoms with Crippen molar-refractivity contribution in [3.05, 3.63) is 75.6 Å². The summed E-state index contributed by atoms with van der Waals surface area (Å²) in [6.07, 6.45) is -0.219. The summed E-state index contributed by atoms with van der Waals surface area (Å²) in [5.41, 5.74) is 0.743. The summed E-state index contributed by atoms with van der Waals surface area (Å²) < 4.78 is 0. The van der Waals surface area contributed by atoms with E-state index in [1.165, 1.54) is 11.3 Å². The number of carboxylic acid groups (broad SMARTS) is 1. The third kappa shape index (κ3) is 4.28. The first-order chi connectivity index (χ1) is 15.4. The van der Waals surface area contributed by atoms with E-state index in [9.17, 15) is 19.8 Å². The van der Waals surface area contributed by atoms with Crippen molar-refractivity contribution in [1.29, 1.82) is 0 Å². The number of benzene rings is 2. The first-order valence-electron chi connectivity index (χ1n) is 10.4. The van der Waals surface area contributed by atoms with E-state index in [0.717, 1.165) is 11.1 Å². The van der Waals surface area contributed by atoms with Crippen molar-refractivity contribution in [3.8, 4) is 11.3 Å². The average Bonchev–Trinajstić information content (AvgIpc) is 3.27. The Morgan fingerprint density at radius 3 is 2.59 bits per heavy atom. The van der Waals surface area contributed by atoms with Crippen molar-refractivity contribution in [2.24, 2.45) is 0 Å². The molecule has 0 spiro atoms. The zero-order valence-electron chi connectivity index (χ0n) is 17.2. The van der Waals surface area contributed by atoms with Crippen LogP contribution in [0.3, 0.4) is 0 Å². The predicted octanol–water partition coefficient (Wildman–Crippen LogP) is 4.23. The van der Waals surface area contributed by atoms with E-state index in [4.69, 9.17) is 16.6 Å². The molecule has 2 aromatic carbocycles. The van der Waals surface area contributed by atoms with Crippen molar-refractivity contribution in [2.45, 2.75) is 36.7 Å². The third-order valence-corrected chi connectivity index (χ3v) is 7.30. The van der Waals surface area contributed by atoms with Crippen molar-refractivity contribution in [3.63, 3.8) is 0 Å². The van der Waals surface area contributed by atoms with Crippen LogP contribution in [0.1, 0.15) is 35.8 Å². The zero-order valence-corrected chi connectivity index (χ0v) is 18.8. The van der Waals surface area contributed by atoms with Gasteiger partial charge in [-0.1, -0.05) is 60.1 Å². The molecule has 0 aliphatic carbocycles. The number of hydrogen-bond acceptors (Lipinski definition) is 5. The molecule has 1 unspecified atom stereocenters. The molecule has 4 rings (SSSR count). The van der Waals surface area contributed by atoms with Crippen LogP contribution in [-0.4, -0.2) is 39.7 Å². The van der Waals surface area contributed by atoms with Gasteiger partial charge >= 0.3 is 5.97 Å². The van der Waals surface area contributed by atoms with Gasteiger partial charge in [-0.3, -0.25) is 9.59 Å². The van der Waals surface area contributed by atoms with Gasteiger partial charge in [-0.15, -0.1) is 11.3 Å². The molecule has 0 radical (unpaired) electrons. The van der Waals surface area contributed by atoms with Crippen molar-refractivity contribution in [1.82, 2.24) is 10.3 Å². The van der Waals surface area contributed by atoms with E-state index in [1.807, 2.05) is 53.9 Å². The molecule has 1 aromatic heterocycles. The second-order valence-corrected chi connectivity index (χ2v) is 9.23. The molecular weight excluding hydrogens is 448 g/mol. The van der Waals surface area contributed by atoms with Gasteiger partial charge in [-0.25, -0.2) is 4.98 Å². The van der Waals surface area contributed by atoms with Crippen LogP contribution in [0.15, 0.2) is 60.0 Å². The molecular formula is C24H23ClN2O4S. The van der Waals surface area contributed by atoms with Crippen LogP contribution in [0.4, 0.5) is 0 Å². The number of aliphatic hydroxyl groups is 1. The maximum absolute atomic E-state index is 13.6. The summed E-state index contributed by atoms with van der Waals surface area (Å²) in [5, 5.41) is 25.7. The molecule has 3 atom stereocenters. The summed E-state index contributed by atoms with van der Waals surface area (Å²) in [7, 11) is 0. The number of aromatic nitrogens is 1. The first kappa shape index (κ1) is 22.5. The number of aliphatic carboxylic acids is 1. The molecule has 3 N–H and O–H groups in total. The lowest BCUT2D eigenvalue weighted by Gasteiger charge is -2.39. The molecule has 3 aromatic rings. The minimum absolute atomic E-state index is 0.0739. The zero-order chi connectivity index (χ0) is 22.7. The lowest BCUT2D eigenvalue weighted by Crippen LogP contribution is -2.53. The molecule has 6 nitrogen and oxygen atoms in total. The summed E-state index contributed by atoms with van der Waals surface area (Å²) in [5.74, 6) is -2.00. The smallest absolute Gasteiger partial charge is 0.304 e. The first-order valence-corrected chi connectivity index (χ1v) is 11.6. The van der Waals surface area contributed by atoms with Crippen molar-refractivity contribution < 1.29 is 19.8 Å². The summed E-state index contributed by atoms with van der Waals surface area (Å²) >= 11 is 7.62. The van der Waals surface area contributed by atoms with Gasteiger partial charge in [-0.2, -0.15) is 0 Å². The molecule has 32 heavy (non-hydrogen) atoms. The minimum atomic E-state index is -1.42. The van der Waals surface area contributed by atoms with Gasteiger partial charge in [-0.05, 0) is 24.5 Å². The van der Waals surface area contributed by atoms with Gasteiger partial charge in [0.2, 0.25) is 5.91 Å². The number of β-amino-alcohol motifs (C(OH)–C–C–N with tert-alkyl or cyclic N) is 1. The summed E-state index contributed by atoms with van der Waals surface area (Å²) in [4.78, 5) is 30.5. The van der Waals surface area contributed by atoms with Crippen molar-refractivity contribution in [2.75, 3.05) is 6.54 Å². The highest BCUT2D eigenvalue weighted by Crippen LogP contribution is 2.48. The Hall–Kier alpha value is -2.74. The summed E-state index contributed by atoms with van der Waals surface area (Å²) in [6, 6.07) is 16.7. The highest BCUT2D eigenvalue weighted by molar-refractivity contribution is 7.10. The molecule has 1 amide bonds. The molecule has 8 heteroatoms. The van der Waals surface area contributed by atoms with Gasteiger partial charge in [0.05, 0.1) is 18.2 Å². The topological polar surface area (TPSA) is 99.5 Å². The van der Waals surface area contributed by atoms with E-state index in [1.54, 1.807) is 6.07 Å². The average molecular weight is 471 g/mol. The Morgan fingerprint density at radius 1 is 1.16 bits per heavy atom. The van der Waals surface area contributed by atoms with Crippen LogP contribution in [0.25, 0.3) is 11.3 Å². The fraction of sp³-hybridized carbons (Fsp3) is 0.292. The molecule has 1 fully saturated rings. The fourth-order valence-corrected chi connectivity index (χ4v) is 5.71. The van der Waals surface area contributed by atoms with Gasteiger partial charge in [0.1, 0.15) is 10.4 Å². The number of nitrogens with one attached hydrogen (secondary N) is 1. The fourth-order valence-electron chi connectivity index (χ4n) is 4.41. The molecule has 1 aliphatic rings. The van der Waals surface area contributed by atoms with E-state index in [2.05, 4.69) is 5.32 Å². The SMILES string of the molecule is O=C(O)C[C@@]1(c2nc(-c3ccccc3Cl)cs2)C(=O)NCC(O)CC[C@H]1c1ccccc1. The van der Waals surface area contributed by atoms with E-state index in [-0.39, 0.29) is 6.54 Å². The highest BCUT2D eigenvalue weighted by Gasteiger charge is 2.52. The number of nitrogens with zero attached hydrogens (tertiary/aromatic N) is 1. The summed E-state index contributed by atoms with van der Waals surface area (Å²) in [6.45, 7) is 0.0739. The minimum Gasteiger partial charge on any atom is -0.481 e. The molecule has 166 valence electrons. The Bertz CT molecular complexity index is 1120.